The van der Waals surface area contributed by atoms with E-state index in [1.807, 2.05) is 13.0 Å². The van der Waals surface area contributed by atoms with E-state index in [0.29, 0.717) is 29.3 Å². The molecule has 0 radical (unpaired) electrons. The van der Waals surface area contributed by atoms with E-state index in [1.54, 1.807) is 12.1 Å². The highest BCUT2D eigenvalue weighted by Crippen LogP contribution is 2.47. The molecule has 1 saturated carbocycles. The third-order valence-electron chi connectivity index (χ3n) is 3.49. The van der Waals surface area contributed by atoms with Crippen molar-refractivity contribution in [1.29, 1.82) is 0 Å². The highest BCUT2D eigenvalue weighted by Gasteiger charge is 2.45. The Kier molecular flexibility index (Phi) is 3.20. The van der Waals surface area contributed by atoms with Gasteiger partial charge in [-0.15, -0.1) is 0 Å². The molecule has 98 valence electrons. The summed E-state index contributed by atoms with van der Waals surface area (Å²) in [5.74, 6) is -0.0810. The van der Waals surface area contributed by atoms with Crippen molar-refractivity contribution in [1.82, 2.24) is 5.32 Å². The van der Waals surface area contributed by atoms with Crippen LogP contribution in [0.2, 0.25) is 0 Å². The predicted octanol–water partition coefficient (Wildman–Crippen LogP) is 2.23. The van der Waals surface area contributed by atoms with Crippen LogP contribution in [0.4, 0.5) is 11.4 Å². The van der Waals surface area contributed by atoms with Gasteiger partial charge in [0.2, 0.25) is 0 Å². The van der Waals surface area contributed by atoms with Gasteiger partial charge in [-0.05, 0) is 37.0 Å². The number of anilines is 2. The molecule has 0 spiro atoms. The summed E-state index contributed by atoms with van der Waals surface area (Å²) in [5, 5.41) is 6.18. The van der Waals surface area contributed by atoms with Crippen LogP contribution in [-0.2, 0) is 0 Å². The van der Waals surface area contributed by atoms with Gasteiger partial charge in [0.15, 0.2) is 0 Å². The molecule has 1 aliphatic rings. The molecular formula is C14H21N3O. The molecule has 4 heteroatoms. The highest BCUT2D eigenvalue weighted by molar-refractivity contribution is 5.96. The Balaban J connectivity index is 2.08. The third-order valence-corrected chi connectivity index (χ3v) is 3.49. The maximum Gasteiger partial charge on any atom is 0.251 e. The van der Waals surface area contributed by atoms with Crippen LogP contribution in [0, 0.1) is 5.41 Å². The fourth-order valence-corrected chi connectivity index (χ4v) is 2.00. The van der Waals surface area contributed by atoms with Crippen LogP contribution in [0.3, 0.4) is 0 Å². The highest BCUT2D eigenvalue weighted by atomic mass is 16.1. The maximum absolute atomic E-state index is 11.7. The quantitative estimate of drug-likeness (QED) is 0.715. The Morgan fingerprint density at radius 2 is 2.17 bits per heavy atom. The first kappa shape index (κ1) is 12.7. The molecule has 1 atom stereocenters. The fraction of sp³-hybridized carbons (Fsp3) is 0.500. The van der Waals surface area contributed by atoms with Gasteiger partial charge in [0.25, 0.3) is 5.91 Å². The van der Waals surface area contributed by atoms with E-state index in [9.17, 15) is 4.79 Å². The molecule has 1 amide bonds. The topological polar surface area (TPSA) is 67.2 Å². The van der Waals surface area contributed by atoms with Crippen molar-refractivity contribution in [3.63, 3.8) is 0 Å². The molecule has 18 heavy (non-hydrogen) atoms. The summed E-state index contributed by atoms with van der Waals surface area (Å²) in [4.78, 5) is 11.7. The van der Waals surface area contributed by atoms with Gasteiger partial charge < -0.3 is 16.4 Å². The van der Waals surface area contributed by atoms with Crippen molar-refractivity contribution < 1.29 is 4.79 Å². The number of nitrogen functional groups attached to an aromatic ring is 1. The van der Waals surface area contributed by atoms with Crippen LogP contribution in [0.5, 0.6) is 0 Å². The lowest BCUT2D eigenvalue weighted by molar-refractivity contribution is 0.0956. The minimum Gasteiger partial charge on any atom is -0.397 e. The summed E-state index contributed by atoms with van der Waals surface area (Å²) >= 11 is 0. The largest absolute Gasteiger partial charge is 0.397 e. The van der Waals surface area contributed by atoms with Crippen molar-refractivity contribution in [3.05, 3.63) is 23.8 Å². The van der Waals surface area contributed by atoms with E-state index in [1.165, 1.54) is 0 Å². The first-order valence-corrected chi connectivity index (χ1v) is 6.38. The summed E-state index contributed by atoms with van der Waals surface area (Å²) < 4.78 is 0. The van der Waals surface area contributed by atoms with E-state index in [-0.39, 0.29) is 5.91 Å². The van der Waals surface area contributed by atoms with Gasteiger partial charge in [-0.2, -0.15) is 0 Å². The molecular weight excluding hydrogens is 226 g/mol. The molecule has 4 nitrogen and oxygen atoms in total. The van der Waals surface area contributed by atoms with Crippen LogP contribution >= 0.6 is 0 Å². The molecule has 0 heterocycles. The average molecular weight is 247 g/mol. The molecule has 1 unspecified atom stereocenters. The van der Waals surface area contributed by atoms with Crippen LogP contribution in [0.1, 0.15) is 37.6 Å². The number of carbonyl (C=O) groups is 1. The van der Waals surface area contributed by atoms with Crippen LogP contribution < -0.4 is 16.4 Å². The van der Waals surface area contributed by atoms with Crippen molar-refractivity contribution in [2.75, 3.05) is 17.6 Å². The summed E-state index contributed by atoms with van der Waals surface area (Å²) in [6, 6.07) is 5.89. The number of hydrogen-bond donors (Lipinski definition) is 3. The monoisotopic (exact) mass is 247 g/mol. The first-order valence-electron chi connectivity index (χ1n) is 6.38. The second-order valence-corrected chi connectivity index (χ2v) is 5.55. The lowest BCUT2D eigenvalue weighted by Gasteiger charge is -2.12. The van der Waals surface area contributed by atoms with Gasteiger partial charge in [0.05, 0.1) is 11.4 Å². The van der Waals surface area contributed by atoms with Crippen LogP contribution in [0.15, 0.2) is 18.2 Å². The number of nitrogens with two attached hydrogens (primary N) is 1. The molecule has 0 bridgehead atoms. The fourth-order valence-electron chi connectivity index (χ4n) is 2.00. The Labute approximate surface area is 108 Å². The van der Waals surface area contributed by atoms with E-state index < -0.39 is 0 Å². The van der Waals surface area contributed by atoms with E-state index in [0.717, 1.165) is 12.1 Å². The Hall–Kier alpha value is -1.71. The van der Waals surface area contributed by atoms with Gasteiger partial charge >= 0.3 is 0 Å². The SMILES string of the molecule is CCNC(=O)c1ccc(NC2CC2(C)C)c(N)c1. The van der Waals surface area contributed by atoms with E-state index in [4.69, 9.17) is 5.73 Å². The average Bonchev–Trinajstić information content (AvgIpc) is 2.89. The Bertz CT molecular complexity index is 468. The van der Waals surface area contributed by atoms with Crippen molar-refractivity contribution in [3.8, 4) is 0 Å². The Morgan fingerprint density at radius 3 is 2.67 bits per heavy atom. The molecule has 0 aromatic heterocycles. The number of nitrogens with one attached hydrogen (secondary N) is 2. The number of rotatable bonds is 4. The lowest BCUT2D eigenvalue weighted by Crippen LogP contribution is -2.22. The molecule has 0 saturated heterocycles. The van der Waals surface area contributed by atoms with Gasteiger partial charge in [0.1, 0.15) is 0 Å². The van der Waals surface area contributed by atoms with Crippen LogP contribution in [-0.4, -0.2) is 18.5 Å². The van der Waals surface area contributed by atoms with E-state index >= 15 is 0 Å². The second-order valence-electron chi connectivity index (χ2n) is 5.55. The normalized spacial score (nSPS) is 20.3. The summed E-state index contributed by atoms with van der Waals surface area (Å²) in [7, 11) is 0. The van der Waals surface area contributed by atoms with E-state index in [2.05, 4.69) is 24.5 Å². The number of amides is 1. The molecule has 1 aliphatic carbocycles. The van der Waals surface area contributed by atoms with Gasteiger partial charge in [-0.1, -0.05) is 13.8 Å². The van der Waals surface area contributed by atoms with Crippen molar-refractivity contribution in [2.24, 2.45) is 5.41 Å². The second kappa shape index (κ2) is 4.52. The van der Waals surface area contributed by atoms with Crippen LogP contribution in [0.25, 0.3) is 0 Å². The van der Waals surface area contributed by atoms with Gasteiger partial charge in [-0.3, -0.25) is 4.79 Å². The van der Waals surface area contributed by atoms with Gasteiger partial charge in [0, 0.05) is 18.2 Å². The maximum atomic E-state index is 11.7. The molecule has 1 fully saturated rings. The van der Waals surface area contributed by atoms with Crippen molar-refractivity contribution in [2.45, 2.75) is 33.2 Å². The standard InChI is InChI=1S/C14H21N3O/c1-4-16-13(18)9-5-6-11(10(15)7-9)17-12-8-14(12,2)3/h5-7,12,17H,4,8,15H2,1-3H3,(H,16,18). The zero-order valence-corrected chi connectivity index (χ0v) is 11.2. The first-order chi connectivity index (χ1) is 8.44. The summed E-state index contributed by atoms with van der Waals surface area (Å²) in [6.07, 6.45) is 1.16. The zero-order valence-electron chi connectivity index (χ0n) is 11.2. The number of carbonyl (C=O) groups excluding carboxylic acids is 1. The Morgan fingerprint density at radius 1 is 1.50 bits per heavy atom. The smallest absolute Gasteiger partial charge is 0.251 e. The summed E-state index contributed by atoms with van der Waals surface area (Å²) in [5.41, 5.74) is 8.48. The minimum absolute atomic E-state index is 0.0810. The predicted molar refractivity (Wildman–Crippen MR) is 74.7 cm³/mol. The number of benzene rings is 1. The minimum atomic E-state index is -0.0810. The third kappa shape index (κ3) is 2.58. The molecule has 0 aliphatic heterocycles. The zero-order chi connectivity index (χ0) is 13.3. The van der Waals surface area contributed by atoms with Crippen molar-refractivity contribution >= 4 is 17.3 Å². The molecule has 4 N–H and O–H groups in total. The van der Waals surface area contributed by atoms with Gasteiger partial charge in [-0.25, -0.2) is 0 Å². The molecule has 1 aromatic carbocycles. The number of hydrogen-bond acceptors (Lipinski definition) is 3. The molecule has 2 rings (SSSR count). The molecule has 1 aromatic rings. The lowest BCUT2D eigenvalue weighted by atomic mass is 10.1. The summed E-state index contributed by atoms with van der Waals surface area (Å²) in [6.45, 7) is 6.97.